The lowest BCUT2D eigenvalue weighted by atomic mass is 9.87. The van der Waals surface area contributed by atoms with E-state index in [1.807, 2.05) is 0 Å². The Bertz CT molecular complexity index is 279. The fraction of sp³-hybridized carbons (Fsp3) is 0.727. The summed E-state index contributed by atoms with van der Waals surface area (Å²) in [4.78, 5) is 4.65. The summed E-state index contributed by atoms with van der Waals surface area (Å²) in [7, 11) is 0. The number of thiazole rings is 1. The lowest BCUT2D eigenvalue weighted by Crippen LogP contribution is -2.17. The van der Waals surface area contributed by atoms with E-state index >= 15 is 0 Å². The summed E-state index contributed by atoms with van der Waals surface area (Å²) in [6, 6.07) is 0. The second-order valence-electron chi connectivity index (χ2n) is 4.14. The van der Waals surface area contributed by atoms with Gasteiger partial charge in [0.2, 0.25) is 0 Å². The Kier molecular flexibility index (Phi) is 4.08. The van der Waals surface area contributed by atoms with Crippen molar-refractivity contribution >= 4 is 11.3 Å². The Labute approximate surface area is 90.8 Å². The van der Waals surface area contributed by atoms with Crippen molar-refractivity contribution in [2.75, 3.05) is 6.54 Å². The van der Waals surface area contributed by atoms with Crippen molar-refractivity contribution in [3.63, 3.8) is 0 Å². The summed E-state index contributed by atoms with van der Waals surface area (Å²) in [5.41, 5.74) is 1.46. The molecule has 0 aliphatic heterocycles. The molecule has 0 fully saturated rings. The highest BCUT2D eigenvalue weighted by Crippen LogP contribution is 2.27. The highest BCUT2D eigenvalue weighted by Gasteiger charge is 2.20. The second kappa shape index (κ2) is 4.89. The number of rotatable bonds is 5. The average molecular weight is 212 g/mol. The molecule has 0 bridgehead atoms. The zero-order valence-corrected chi connectivity index (χ0v) is 10.4. The SMILES string of the molecule is CCNCc1nc(C(C)(C)CC)cs1. The van der Waals surface area contributed by atoms with E-state index < -0.39 is 0 Å². The molecule has 1 rings (SSSR count). The van der Waals surface area contributed by atoms with Gasteiger partial charge < -0.3 is 5.32 Å². The van der Waals surface area contributed by atoms with Crippen LogP contribution in [0, 0.1) is 0 Å². The van der Waals surface area contributed by atoms with Crippen LogP contribution in [0.1, 0.15) is 44.8 Å². The van der Waals surface area contributed by atoms with Crippen molar-refractivity contribution in [1.82, 2.24) is 10.3 Å². The maximum atomic E-state index is 4.65. The van der Waals surface area contributed by atoms with Crippen LogP contribution in [0.4, 0.5) is 0 Å². The van der Waals surface area contributed by atoms with Gasteiger partial charge >= 0.3 is 0 Å². The van der Waals surface area contributed by atoms with E-state index in [0.29, 0.717) is 0 Å². The summed E-state index contributed by atoms with van der Waals surface area (Å²) in [5.74, 6) is 0. The third kappa shape index (κ3) is 2.79. The van der Waals surface area contributed by atoms with Crippen LogP contribution in [-0.2, 0) is 12.0 Å². The third-order valence-corrected chi connectivity index (χ3v) is 3.50. The van der Waals surface area contributed by atoms with E-state index in [-0.39, 0.29) is 5.41 Å². The van der Waals surface area contributed by atoms with Gasteiger partial charge in [-0.15, -0.1) is 11.3 Å². The first-order valence-corrected chi connectivity index (χ1v) is 6.13. The molecule has 1 aromatic rings. The predicted molar refractivity (Wildman–Crippen MR) is 62.8 cm³/mol. The summed E-state index contributed by atoms with van der Waals surface area (Å²) in [6.07, 6.45) is 1.14. The van der Waals surface area contributed by atoms with Gasteiger partial charge in [-0.2, -0.15) is 0 Å². The number of aromatic nitrogens is 1. The van der Waals surface area contributed by atoms with Crippen molar-refractivity contribution in [3.05, 3.63) is 16.1 Å². The Morgan fingerprint density at radius 3 is 2.71 bits per heavy atom. The maximum absolute atomic E-state index is 4.65. The standard InChI is InChI=1S/C11H20N2S/c1-5-11(3,4)9-8-14-10(13-9)7-12-6-2/h8,12H,5-7H2,1-4H3. The first-order valence-electron chi connectivity index (χ1n) is 5.25. The Balaban J connectivity index is 2.67. The minimum Gasteiger partial charge on any atom is -0.311 e. The molecule has 0 spiro atoms. The zero-order chi connectivity index (χ0) is 10.6. The fourth-order valence-electron chi connectivity index (χ4n) is 1.12. The van der Waals surface area contributed by atoms with Gasteiger partial charge in [0.05, 0.1) is 5.69 Å². The van der Waals surface area contributed by atoms with Gasteiger partial charge in [0.1, 0.15) is 5.01 Å². The number of nitrogens with zero attached hydrogens (tertiary/aromatic N) is 1. The van der Waals surface area contributed by atoms with Crippen molar-refractivity contribution in [2.45, 2.75) is 46.1 Å². The van der Waals surface area contributed by atoms with Crippen molar-refractivity contribution in [3.8, 4) is 0 Å². The molecular weight excluding hydrogens is 192 g/mol. The molecule has 14 heavy (non-hydrogen) atoms. The monoisotopic (exact) mass is 212 g/mol. The fourth-order valence-corrected chi connectivity index (χ4v) is 2.07. The minimum absolute atomic E-state index is 0.223. The first-order chi connectivity index (χ1) is 6.60. The quantitative estimate of drug-likeness (QED) is 0.811. The van der Waals surface area contributed by atoms with Gasteiger partial charge in [-0.25, -0.2) is 4.98 Å². The van der Waals surface area contributed by atoms with Gasteiger partial charge in [0, 0.05) is 17.3 Å². The van der Waals surface area contributed by atoms with E-state index in [1.165, 1.54) is 10.7 Å². The Morgan fingerprint density at radius 1 is 1.43 bits per heavy atom. The van der Waals surface area contributed by atoms with Gasteiger partial charge in [-0.1, -0.05) is 27.7 Å². The average Bonchev–Trinajstić information content (AvgIpc) is 2.63. The third-order valence-electron chi connectivity index (χ3n) is 2.66. The zero-order valence-electron chi connectivity index (χ0n) is 9.55. The molecule has 0 radical (unpaired) electrons. The molecule has 0 saturated carbocycles. The van der Waals surface area contributed by atoms with Crippen LogP contribution in [0.5, 0.6) is 0 Å². The van der Waals surface area contributed by atoms with Gasteiger partial charge in [-0.05, 0) is 13.0 Å². The second-order valence-corrected chi connectivity index (χ2v) is 5.09. The normalized spacial score (nSPS) is 12.0. The molecule has 1 heterocycles. The van der Waals surface area contributed by atoms with Crippen LogP contribution in [0.15, 0.2) is 5.38 Å². The van der Waals surface area contributed by atoms with Crippen LogP contribution >= 0.6 is 11.3 Å². The molecule has 3 heteroatoms. The van der Waals surface area contributed by atoms with E-state index in [2.05, 4.69) is 43.4 Å². The predicted octanol–water partition coefficient (Wildman–Crippen LogP) is 2.94. The van der Waals surface area contributed by atoms with Gasteiger partial charge in [-0.3, -0.25) is 0 Å². The van der Waals surface area contributed by atoms with Crippen LogP contribution in [0.25, 0.3) is 0 Å². The molecule has 0 aliphatic carbocycles. The topological polar surface area (TPSA) is 24.9 Å². The Morgan fingerprint density at radius 2 is 2.14 bits per heavy atom. The molecule has 1 aromatic heterocycles. The molecule has 0 unspecified atom stereocenters. The summed E-state index contributed by atoms with van der Waals surface area (Å²) < 4.78 is 0. The summed E-state index contributed by atoms with van der Waals surface area (Å²) in [5, 5.41) is 6.68. The summed E-state index contributed by atoms with van der Waals surface area (Å²) in [6.45, 7) is 10.7. The number of hydrogen-bond donors (Lipinski definition) is 1. The van der Waals surface area contributed by atoms with E-state index in [0.717, 1.165) is 19.5 Å². The van der Waals surface area contributed by atoms with Crippen molar-refractivity contribution in [2.24, 2.45) is 0 Å². The van der Waals surface area contributed by atoms with Crippen LogP contribution < -0.4 is 5.32 Å². The van der Waals surface area contributed by atoms with Crippen molar-refractivity contribution < 1.29 is 0 Å². The largest absolute Gasteiger partial charge is 0.311 e. The highest BCUT2D eigenvalue weighted by molar-refractivity contribution is 7.09. The molecule has 1 N–H and O–H groups in total. The molecule has 2 nitrogen and oxygen atoms in total. The van der Waals surface area contributed by atoms with E-state index in [4.69, 9.17) is 0 Å². The molecule has 0 saturated heterocycles. The molecule has 0 aliphatic rings. The minimum atomic E-state index is 0.223. The van der Waals surface area contributed by atoms with Crippen molar-refractivity contribution in [1.29, 1.82) is 0 Å². The molecule has 0 amide bonds. The number of hydrogen-bond acceptors (Lipinski definition) is 3. The van der Waals surface area contributed by atoms with Gasteiger partial charge in [0.15, 0.2) is 0 Å². The molecule has 0 aromatic carbocycles. The highest BCUT2D eigenvalue weighted by atomic mass is 32.1. The van der Waals surface area contributed by atoms with Crippen LogP contribution in [0.2, 0.25) is 0 Å². The molecule has 80 valence electrons. The van der Waals surface area contributed by atoms with E-state index in [9.17, 15) is 0 Å². The maximum Gasteiger partial charge on any atom is 0.107 e. The first kappa shape index (κ1) is 11.7. The van der Waals surface area contributed by atoms with Crippen LogP contribution in [-0.4, -0.2) is 11.5 Å². The smallest absolute Gasteiger partial charge is 0.107 e. The molecule has 0 atom stereocenters. The lowest BCUT2D eigenvalue weighted by Gasteiger charge is -2.19. The summed E-state index contributed by atoms with van der Waals surface area (Å²) >= 11 is 1.76. The van der Waals surface area contributed by atoms with Crippen LogP contribution in [0.3, 0.4) is 0 Å². The molecular formula is C11H20N2S. The Hall–Kier alpha value is -0.410. The van der Waals surface area contributed by atoms with E-state index in [1.54, 1.807) is 11.3 Å². The number of nitrogens with one attached hydrogen (secondary N) is 1. The van der Waals surface area contributed by atoms with Gasteiger partial charge in [0.25, 0.3) is 0 Å². The lowest BCUT2D eigenvalue weighted by molar-refractivity contribution is 0.491.